The van der Waals surface area contributed by atoms with Crippen LogP contribution in [0.1, 0.15) is 20.8 Å². The molecule has 0 saturated carbocycles. The third-order valence-corrected chi connectivity index (χ3v) is 17.5. The first-order chi connectivity index (χ1) is 45.4. The van der Waals surface area contributed by atoms with Crippen molar-refractivity contribution in [3.63, 3.8) is 0 Å². The number of carbonyl (C=O) groups is 3. The zero-order chi connectivity index (χ0) is 70.6. The molecule has 8 fully saturated rings. The Morgan fingerprint density at radius 2 is 0.656 bits per heavy atom. The van der Waals surface area contributed by atoms with E-state index >= 15 is 0 Å². The number of hydrogen-bond acceptors (Lipinski definition) is 40. The lowest BCUT2D eigenvalue weighted by Gasteiger charge is -2.52. The van der Waals surface area contributed by atoms with Gasteiger partial charge in [0.05, 0.1) is 52.9 Å². The fourth-order valence-corrected chi connectivity index (χ4v) is 12.3. The van der Waals surface area contributed by atoms with Crippen molar-refractivity contribution < 1.29 is 198 Å². The van der Waals surface area contributed by atoms with Crippen molar-refractivity contribution in [2.24, 2.45) is 0 Å². The molecule has 0 aromatic carbocycles. The molecule has 0 radical (unpaired) electrons. The lowest BCUT2D eigenvalue weighted by atomic mass is 9.93. The maximum atomic E-state index is 13.0. The van der Waals surface area contributed by atoms with E-state index in [1.807, 2.05) is 0 Å². The van der Waals surface area contributed by atoms with Crippen molar-refractivity contribution in [2.75, 3.05) is 52.9 Å². The molecule has 8 rings (SSSR count). The SMILES string of the molecule is CC(=O)N[C@@H]1[C@@H](O)[C@H](O[C@@H]2O[C@H](CO)[C@@H](O[C@@H]3O[C@H](CO[C@H]4O[C@H](CO)[C@@H](O)[C@H](O)[C@@H]4O)[C@@H](O)[C@H](O[C@H]4O[C@H](CO)[C@@H](O)[C@H](O)[C@@H]4O[C@@H]4O[C@H](CO)[C@@H](O[C@@H]5O[C@H](CO)[C@H](O)[C@H](O)[C@H]5O)[C@H](O)[C@H]4NC(C)=O)[C@@H]3O[C@@H]3OC[C@@H](O)[C@H](O)[C@H]3O)[C@H](O)[C@H]2NC(C)=O)[C@@H](CO)O[C@H]1O. The van der Waals surface area contributed by atoms with E-state index < -0.39 is 310 Å². The molecular weight excluding hydrogens is 1320 g/mol. The van der Waals surface area contributed by atoms with Gasteiger partial charge in [0.25, 0.3) is 0 Å². The summed E-state index contributed by atoms with van der Waals surface area (Å²) < 4.78 is 89.0. The summed E-state index contributed by atoms with van der Waals surface area (Å²) in [7, 11) is 0. The van der Waals surface area contributed by atoms with Gasteiger partial charge in [-0.1, -0.05) is 0 Å². The summed E-state index contributed by atoms with van der Waals surface area (Å²) in [6, 6.07) is -5.47. The Bertz CT molecular complexity index is 2460. The number of amides is 3. The van der Waals surface area contributed by atoms with Crippen LogP contribution < -0.4 is 16.0 Å². The third kappa shape index (κ3) is 17.2. The molecule has 0 bridgehead atoms. The van der Waals surface area contributed by atoms with Crippen LogP contribution in [-0.2, 0) is 85.4 Å². The van der Waals surface area contributed by atoms with Gasteiger partial charge in [-0.15, -0.1) is 0 Å². The monoisotopic (exact) mass is 1410 g/mol. The van der Waals surface area contributed by atoms with E-state index in [0.29, 0.717) is 0 Å². The molecule has 0 aliphatic carbocycles. The molecule has 0 aromatic rings. The second kappa shape index (κ2) is 34.3. The van der Waals surface area contributed by atoms with E-state index in [9.17, 15) is 127 Å². The number of nitrogens with one attached hydrogen (secondary N) is 3. The Morgan fingerprint density at radius 3 is 1.15 bits per heavy atom. The fraction of sp³-hybridized carbons (Fsp3) is 0.943. The van der Waals surface area contributed by atoms with Gasteiger partial charge in [-0.25, -0.2) is 0 Å². The maximum absolute atomic E-state index is 13.0. The van der Waals surface area contributed by atoms with E-state index in [1.54, 1.807) is 0 Å². The largest absolute Gasteiger partial charge is 0.394 e. The second-order valence-corrected chi connectivity index (χ2v) is 24.2. The van der Waals surface area contributed by atoms with Crippen LogP contribution in [0, 0.1) is 0 Å². The summed E-state index contributed by atoms with van der Waals surface area (Å²) >= 11 is 0. The zero-order valence-electron chi connectivity index (χ0n) is 51.4. The predicted octanol–water partition coefficient (Wildman–Crippen LogP) is -17.4. The third-order valence-electron chi connectivity index (χ3n) is 17.5. The first kappa shape index (κ1) is 78.6. The summed E-state index contributed by atoms with van der Waals surface area (Å²) in [6.07, 6.45) is -74.0. The van der Waals surface area contributed by atoms with E-state index in [-0.39, 0.29) is 0 Å². The van der Waals surface area contributed by atoms with E-state index in [2.05, 4.69) is 16.0 Å². The van der Waals surface area contributed by atoms with Crippen molar-refractivity contribution in [3.8, 4) is 0 Å². The number of hydrogen-bond donors (Lipinski definition) is 25. The highest BCUT2D eigenvalue weighted by atomic mass is 16.8. The lowest BCUT2D eigenvalue weighted by molar-refractivity contribution is -0.411. The van der Waals surface area contributed by atoms with Gasteiger partial charge in [-0.2, -0.15) is 0 Å². The molecule has 8 aliphatic rings. The van der Waals surface area contributed by atoms with Crippen molar-refractivity contribution in [1.29, 1.82) is 0 Å². The van der Waals surface area contributed by atoms with Crippen LogP contribution in [0.25, 0.3) is 0 Å². The number of ether oxygens (including phenoxy) is 15. The molecule has 0 spiro atoms. The van der Waals surface area contributed by atoms with Gasteiger partial charge in [-0.05, 0) is 0 Å². The van der Waals surface area contributed by atoms with Crippen LogP contribution in [0.4, 0.5) is 0 Å². The second-order valence-electron chi connectivity index (χ2n) is 24.2. The molecule has 556 valence electrons. The predicted molar refractivity (Wildman–Crippen MR) is 293 cm³/mol. The highest BCUT2D eigenvalue weighted by molar-refractivity contribution is 5.74. The molecule has 39 atom stereocenters. The minimum Gasteiger partial charge on any atom is -0.394 e. The summed E-state index contributed by atoms with van der Waals surface area (Å²) in [6.45, 7) is -5.29. The van der Waals surface area contributed by atoms with E-state index in [1.165, 1.54) is 0 Å². The Balaban J connectivity index is 1.18. The smallest absolute Gasteiger partial charge is 0.217 e. The van der Waals surface area contributed by atoms with Gasteiger partial charge < -0.3 is 199 Å². The molecule has 25 N–H and O–H groups in total. The average Bonchev–Trinajstić information content (AvgIpc) is 0.772. The standard InChI is InChI=1S/C53H89N3O40/c1-12(63)54-23-31(72)40(19(7-60)84-46(23)81)91-47-24(55-13(2)64)33(74)42(21(9-62)88-47)93-53-45(96-50-37(78)26(67)15(66)10-82-50)43(30(71)22(90-53)11-83-49-38(79)34(75)27(68)16(4-57)85-49)94-52-44(36(77)29(70)18(6-59)87-52)95-48-25(56-14(3)65)32(73)41(20(8-61)89-48)92-51-39(80)35(76)28(69)17(5-58)86-51/h15-53,57-62,66-81H,4-11H2,1-3H3,(H,54,63)(H,55,64)(H,56,65)/t15-,16-,17-,18-,19-,20-,21-,22-,23-,24-,25-,26+,27-,28+,29-,30-,31-,32-,33-,34+,35+,36+,37-,38+,39-,40-,41-,42-,43+,44+,45+,46-,47+,48+,49+,50+,51+,52-,53+/m1/s1. The van der Waals surface area contributed by atoms with E-state index in [4.69, 9.17) is 71.1 Å². The number of aliphatic hydroxyl groups excluding tert-OH is 22. The van der Waals surface area contributed by atoms with Gasteiger partial charge in [0.1, 0.15) is 189 Å². The van der Waals surface area contributed by atoms with Gasteiger partial charge in [0, 0.05) is 20.8 Å². The number of rotatable bonds is 24. The summed E-state index contributed by atoms with van der Waals surface area (Å²) in [5.41, 5.74) is 0. The molecular formula is C53H89N3O40. The zero-order valence-corrected chi connectivity index (χ0v) is 51.4. The summed E-state index contributed by atoms with van der Waals surface area (Å²) in [5.74, 6) is -2.63. The van der Waals surface area contributed by atoms with Crippen molar-refractivity contribution in [3.05, 3.63) is 0 Å². The molecule has 8 aliphatic heterocycles. The van der Waals surface area contributed by atoms with Crippen molar-refractivity contribution in [1.82, 2.24) is 16.0 Å². The molecule has 3 amide bonds. The van der Waals surface area contributed by atoms with Crippen LogP contribution in [0.2, 0.25) is 0 Å². The quantitative estimate of drug-likeness (QED) is 0.0427. The topological polar surface area (TPSA) is 671 Å². The summed E-state index contributed by atoms with van der Waals surface area (Å²) in [4.78, 5) is 38.0. The molecule has 43 nitrogen and oxygen atoms in total. The molecule has 96 heavy (non-hydrogen) atoms. The van der Waals surface area contributed by atoms with Crippen LogP contribution in [-0.4, -0.2) is 422 Å². The number of aliphatic hydroxyl groups is 22. The maximum Gasteiger partial charge on any atom is 0.217 e. The van der Waals surface area contributed by atoms with Crippen LogP contribution in [0.5, 0.6) is 0 Å². The number of carbonyl (C=O) groups excluding carboxylic acids is 3. The van der Waals surface area contributed by atoms with Gasteiger partial charge in [0.15, 0.2) is 50.3 Å². The normalized spacial score (nSPS) is 49.5. The van der Waals surface area contributed by atoms with Gasteiger partial charge in [-0.3, -0.25) is 14.4 Å². The summed E-state index contributed by atoms with van der Waals surface area (Å²) in [5, 5.41) is 248. The highest BCUT2D eigenvalue weighted by Gasteiger charge is 2.60. The van der Waals surface area contributed by atoms with Crippen LogP contribution in [0.15, 0.2) is 0 Å². The Kier molecular flexibility index (Phi) is 28.1. The van der Waals surface area contributed by atoms with Gasteiger partial charge >= 0.3 is 0 Å². The molecule has 0 unspecified atom stereocenters. The van der Waals surface area contributed by atoms with Crippen molar-refractivity contribution in [2.45, 2.75) is 260 Å². The minimum atomic E-state index is -2.40. The molecule has 43 heteroatoms. The fourth-order valence-electron chi connectivity index (χ4n) is 12.3. The Labute approximate surface area is 543 Å². The Morgan fingerprint density at radius 1 is 0.312 bits per heavy atom. The molecule has 8 saturated heterocycles. The lowest BCUT2D eigenvalue weighted by Crippen LogP contribution is -2.71. The molecule has 0 aromatic heterocycles. The first-order valence-corrected chi connectivity index (χ1v) is 30.5. The van der Waals surface area contributed by atoms with Crippen LogP contribution in [0.3, 0.4) is 0 Å². The average molecular weight is 1410 g/mol. The minimum absolute atomic E-state index is 0.771. The van der Waals surface area contributed by atoms with E-state index in [0.717, 1.165) is 20.8 Å². The highest BCUT2D eigenvalue weighted by Crippen LogP contribution is 2.40. The Hall–Kier alpha value is -3.07. The first-order valence-electron chi connectivity index (χ1n) is 30.5. The van der Waals surface area contributed by atoms with Crippen LogP contribution >= 0.6 is 0 Å². The molecule has 8 heterocycles. The van der Waals surface area contributed by atoms with Crippen molar-refractivity contribution >= 4 is 17.7 Å². The van der Waals surface area contributed by atoms with Gasteiger partial charge in [0.2, 0.25) is 17.7 Å².